The van der Waals surface area contributed by atoms with Gasteiger partial charge in [0.2, 0.25) is 0 Å². The minimum absolute atomic E-state index is 0.121. The van der Waals surface area contributed by atoms with Gasteiger partial charge in [-0.05, 0) is 37.5 Å². The van der Waals surface area contributed by atoms with Crippen molar-refractivity contribution in [3.05, 3.63) is 29.5 Å². The molecule has 0 saturated carbocycles. The first kappa shape index (κ1) is 15.9. The number of hydrogen-bond donors (Lipinski definition) is 0. The number of aryl methyl sites for hydroxylation is 2. The lowest BCUT2D eigenvalue weighted by molar-refractivity contribution is -0.132. The number of nitrogens with zero attached hydrogens (tertiary/aromatic N) is 3. The fraction of sp³-hybridized carbons (Fsp3) is 0.389. The van der Waals surface area contributed by atoms with E-state index >= 15 is 0 Å². The first-order valence-corrected chi connectivity index (χ1v) is 7.91. The van der Waals surface area contributed by atoms with Gasteiger partial charge in [0.05, 0.1) is 12.1 Å². The van der Waals surface area contributed by atoms with Crippen LogP contribution in [0.2, 0.25) is 0 Å². The van der Waals surface area contributed by atoms with Gasteiger partial charge >= 0.3 is 0 Å². The number of rotatable bonds is 5. The van der Waals surface area contributed by atoms with Crippen LogP contribution in [0.4, 0.5) is 0 Å². The van der Waals surface area contributed by atoms with Gasteiger partial charge in [-0.25, -0.2) is 0 Å². The molecule has 1 aromatic heterocycles. The molecule has 2 aromatic rings. The number of furan rings is 1. The van der Waals surface area contributed by atoms with Gasteiger partial charge in [0, 0.05) is 17.4 Å². The maximum atomic E-state index is 12.0. The molecule has 0 bridgehead atoms. The molecule has 0 N–H and O–H groups in total. The first-order chi connectivity index (χ1) is 11.7. The molecule has 1 aliphatic rings. The van der Waals surface area contributed by atoms with Crippen molar-refractivity contribution in [1.29, 1.82) is 10.5 Å². The van der Waals surface area contributed by atoms with E-state index < -0.39 is 0 Å². The predicted octanol–water partition coefficient (Wildman–Crippen LogP) is 2.57. The summed E-state index contributed by atoms with van der Waals surface area (Å²) in [7, 11) is 0. The number of ether oxygens (including phenoxy) is 1. The van der Waals surface area contributed by atoms with E-state index in [1.54, 1.807) is 6.07 Å². The summed E-state index contributed by atoms with van der Waals surface area (Å²) in [5.41, 5.74) is 2.08. The Morgan fingerprint density at radius 3 is 2.71 bits per heavy atom. The van der Waals surface area contributed by atoms with Crippen LogP contribution >= 0.6 is 0 Å². The van der Waals surface area contributed by atoms with Crippen molar-refractivity contribution >= 4 is 16.9 Å². The van der Waals surface area contributed by atoms with Crippen LogP contribution in [0.1, 0.15) is 24.2 Å². The number of nitriles is 2. The molecular weight excluding hydrogens is 306 g/mol. The molecule has 0 unspecified atom stereocenters. The van der Waals surface area contributed by atoms with Gasteiger partial charge in [-0.3, -0.25) is 4.79 Å². The van der Waals surface area contributed by atoms with Crippen LogP contribution in [0.25, 0.3) is 11.0 Å². The normalized spacial score (nSPS) is 12.9. The number of hydrogen-bond acceptors (Lipinski definition) is 5. The van der Waals surface area contributed by atoms with Gasteiger partial charge in [0.15, 0.2) is 6.61 Å². The van der Waals surface area contributed by atoms with Crippen molar-refractivity contribution in [1.82, 2.24) is 4.90 Å². The molecule has 122 valence electrons. The number of carbonyl (C=O) groups excluding carboxylic acids is 1. The molecule has 1 heterocycles. The Hall–Kier alpha value is -2.99. The summed E-state index contributed by atoms with van der Waals surface area (Å²) >= 11 is 0. The highest BCUT2D eigenvalue weighted by molar-refractivity contribution is 5.84. The maximum absolute atomic E-state index is 12.0. The summed E-state index contributed by atoms with van der Waals surface area (Å²) in [6.07, 6.45) is 4.28. The van der Waals surface area contributed by atoms with E-state index in [9.17, 15) is 4.79 Å². The fourth-order valence-electron chi connectivity index (χ4n) is 2.97. The molecule has 0 aliphatic heterocycles. The smallest absolute Gasteiger partial charge is 0.262 e. The second kappa shape index (κ2) is 7.06. The van der Waals surface area contributed by atoms with E-state index in [1.165, 1.54) is 5.56 Å². The van der Waals surface area contributed by atoms with Gasteiger partial charge < -0.3 is 14.1 Å². The molecule has 0 fully saturated rings. The molecule has 1 amide bonds. The summed E-state index contributed by atoms with van der Waals surface area (Å²) < 4.78 is 11.4. The Kier molecular flexibility index (Phi) is 4.67. The molecular formula is C18H17N3O3. The van der Waals surface area contributed by atoms with Crippen LogP contribution < -0.4 is 4.74 Å². The Morgan fingerprint density at radius 2 is 1.96 bits per heavy atom. The van der Waals surface area contributed by atoms with Crippen molar-refractivity contribution in [2.45, 2.75) is 25.7 Å². The molecule has 1 aromatic carbocycles. The molecule has 0 spiro atoms. The topological polar surface area (TPSA) is 90.3 Å². The van der Waals surface area contributed by atoms with Gasteiger partial charge in [0.1, 0.15) is 30.2 Å². The summed E-state index contributed by atoms with van der Waals surface area (Å²) in [6.45, 7) is -0.442. The molecule has 6 heteroatoms. The van der Waals surface area contributed by atoms with E-state index in [4.69, 9.17) is 19.7 Å². The molecule has 1 aliphatic carbocycles. The largest absolute Gasteiger partial charge is 0.484 e. The third kappa shape index (κ3) is 3.18. The molecule has 0 atom stereocenters. The van der Waals surface area contributed by atoms with Crippen molar-refractivity contribution < 1.29 is 13.9 Å². The molecule has 0 saturated heterocycles. The summed E-state index contributed by atoms with van der Waals surface area (Å²) in [5.74, 6) is 1.25. The van der Waals surface area contributed by atoms with Crippen molar-refractivity contribution in [3.63, 3.8) is 0 Å². The lowest BCUT2D eigenvalue weighted by Gasteiger charge is -2.16. The standard InChI is InChI=1S/C18H17N3O3/c19-7-9-21(10-8-20)18(22)12-23-13-5-6-17-15(11-13)14-3-1-2-4-16(14)24-17/h5-6,11H,1-4,9-10,12H2. The van der Waals surface area contributed by atoms with Crippen molar-refractivity contribution in [2.75, 3.05) is 19.7 Å². The maximum Gasteiger partial charge on any atom is 0.262 e. The Morgan fingerprint density at radius 1 is 1.21 bits per heavy atom. The zero-order chi connectivity index (χ0) is 16.9. The van der Waals surface area contributed by atoms with E-state index in [0.717, 1.165) is 47.3 Å². The zero-order valence-electron chi connectivity index (χ0n) is 13.2. The van der Waals surface area contributed by atoms with Crippen molar-refractivity contribution in [3.8, 4) is 17.9 Å². The van der Waals surface area contributed by atoms with Crippen molar-refractivity contribution in [2.24, 2.45) is 0 Å². The Bertz CT molecular complexity index is 826. The number of benzene rings is 1. The van der Waals surface area contributed by atoms with Crippen LogP contribution in [0.15, 0.2) is 22.6 Å². The second-order valence-corrected chi connectivity index (χ2v) is 5.72. The summed E-state index contributed by atoms with van der Waals surface area (Å²) in [5, 5.41) is 18.4. The third-order valence-electron chi connectivity index (χ3n) is 4.16. The monoisotopic (exact) mass is 323 g/mol. The molecule has 3 rings (SSSR count). The lowest BCUT2D eigenvalue weighted by atomic mass is 9.96. The van der Waals surface area contributed by atoms with Crippen LogP contribution in [0, 0.1) is 22.7 Å². The van der Waals surface area contributed by atoms with Gasteiger partial charge in [-0.1, -0.05) is 0 Å². The average Bonchev–Trinajstić information content (AvgIpc) is 2.97. The highest BCUT2D eigenvalue weighted by Gasteiger charge is 2.18. The van der Waals surface area contributed by atoms with E-state index in [-0.39, 0.29) is 25.6 Å². The quantitative estimate of drug-likeness (QED) is 0.789. The first-order valence-electron chi connectivity index (χ1n) is 7.91. The molecule has 0 radical (unpaired) electrons. The number of amides is 1. The Balaban J connectivity index is 1.72. The SMILES string of the molecule is N#CCN(CC#N)C(=O)COc1ccc2oc3c(c2c1)CCCC3. The van der Waals surface area contributed by atoms with Crippen LogP contribution in [0.3, 0.4) is 0 Å². The number of carbonyl (C=O) groups is 1. The minimum Gasteiger partial charge on any atom is -0.484 e. The highest BCUT2D eigenvalue weighted by atomic mass is 16.5. The predicted molar refractivity (Wildman–Crippen MR) is 86.2 cm³/mol. The van der Waals surface area contributed by atoms with Crippen LogP contribution in [0.5, 0.6) is 5.75 Å². The highest BCUT2D eigenvalue weighted by Crippen LogP contribution is 2.33. The number of fused-ring (bicyclic) bond motifs is 3. The van der Waals surface area contributed by atoms with Gasteiger partial charge in [0.25, 0.3) is 5.91 Å². The average molecular weight is 323 g/mol. The van der Waals surface area contributed by atoms with Gasteiger partial charge in [-0.2, -0.15) is 10.5 Å². The fourth-order valence-corrected chi connectivity index (χ4v) is 2.97. The van der Waals surface area contributed by atoms with Crippen LogP contribution in [-0.2, 0) is 17.6 Å². The second-order valence-electron chi connectivity index (χ2n) is 5.72. The van der Waals surface area contributed by atoms with E-state index in [1.807, 2.05) is 24.3 Å². The summed E-state index contributed by atoms with van der Waals surface area (Å²) in [4.78, 5) is 13.2. The molecule has 24 heavy (non-hydrogen) atoms. The third-order valence-corrected chi connectivity index (χ3v) is 4.16. The Labute approximate surface area is 139 Å². The van der Waals surface area contributed by atoms with E-state index in [2.05, 4.69) is 0 Å². The van der Waals surface area contributed by atoms with Gasteiger partial charge in [-0.15, -0.1) is 0 Å². The minimum atomic E-state index is -0.382. The van der Waals surface area contributed by atoms with E-state index in [0.29, 0.717) is 5.75 Å². The zero-order valence-corrected chi connectivity index (χ0v) is 13.2. The lowest BCUT2D eigenvalue weighted by Crippen LogP contribution is -2.35. The van der Waals surface area contributed by atoms with Crippen LogP contribution in [-0.4, -0.2) is 30.5 Å². The molecule has 6 nitrogen and oxygen atoms in total. The summed E-state index contributed by atoms with van der Waals surface area (Å²) in [6, 6.07) is 9.27.